The van der Waals surface area contributed by atoms with E-state index in [0.29, 0.717) is 5.92 Å². The molecule has 2 aromatic rings. The smallest absolute Gasteiger partial charge is 0.193 e. The summed E-state index contributed by atoms with van der Waals surface area (Å²) in [5, 5.41) is 11.5. The lowest BCUT2D eigenvalue weighted by Gasteiger charge is -2.36. The first-order valence-electron chi connectivity index (χ1n) is 9.08. The van der Waals surface area contributed by atoms with Gasteiger partial charge in [-0.25, -0.2) is 0 Å². The molecule has 1 N–H and O–H groups in total. The first-order valence-corrected chi connectivity index (χ1v) is 9.08. The van der Waals surface area contributed by atoms with E-state index in [4.69, 9.17) is 9.05 Å². The van der Waals surface area contributed by atoms with Crippen molar-refractivity contribution in [2.45, 2.75) is 33.2 Å². The van der Waals surface area contributed by atoms with Gasteiger partial charge in [-0.05, 0) is 13.8 Å². The highest BCUT2D eigenvalue weighted by atomic mass is 16.5. The molecule has 1 unspecified atom stereocenters. The molecule has 2 aromatic heterocycles. The minimum atomic E-state index is 0.312. The Morgan fingerprint density at radius 1 is 1.27 bits per heavy atom. The van der Waals surface area contributed by atoms with Gasteiger partial charge in [0, 0.05) is 63.9 Å². The van der Waals surface area contributed by atoms with Crippen LogP contribution in [0.2, 0.25) is 0 Å². The first kappa shape index (κ1) is 18.4. The molecular formula is C18H28N6O2. The number of aliphatic imine (C=N–C) groups is 1. The van der Waals surface area contributed by atoms with Crippen LogP contribution in [-0.4, -0.2) is 65.8 Å². The Kier molecular flexibility index (Phi) is 5.92. The number of nitrogens with one attached hydrogen (secondary N) is 1. The van der Waals surface area contributed by atoms with Gasteiger partial charge in [-0.2, -0.15) is 0 Å². The largest absolute Gasteiger partial charge is 0.364 e. The van der Waals surface area contributed by atoms with E-state index < -0.39 is 0 Å². The van der Waals surface area contributed by atoms with Crippen molar-refractivity contribution in [3.05, 3.63) is 35.0 Å². The average Bonchev–Trinajstić information content (AvgIpc) is 3.26. The molecule has 142 valence electrons. The molecule has 1 aliphatic heterocycles. The molecule has 1 atom stereocenters. The second kappa shape index (κ2) is 8.35. The van der Waals surface area contributed by atoms with E-state index in [1.807, 2.05) is 27.0 Å². The first-order chi connectivity index (χ1) is 12.6. The van der Waals surface area contributed by atoms with Gasteiger partial charge in [0.15, 0.2) is 5.96 Å². The van der Waals surface area contributed by atoms with Crippen LogP contribution in [0.1, 0.15) is 35.6 Å². The summed E-state index contributed by atoms with van der Waals surface area (Å²) in [6, 6.07) is 1.92. The summed E-state index contributed by atoms with van der Waals surface area (Å²) in [4.78, 5) is 9.15. The van der Waals surface area contributed by atoms with Crippen molar-refractivity contribution in [1.29, 1.82) is 0 Å². The number of piperazine rings is 1. The van der Waals surface area contributed by atoms with Crippen LogP contribution < -0.4 is 5.32 Å². The van der Waals surface area contributed by atoms with Crippen LogP contribution in [0, 0.1) is 13.8 Å². The fraction of sp³-hybridized carbons (Fsp3) is 0.611. The Balaban J connectivity index is 1.49. The van der Waals surface area contributed by atoms with Gasteiger partial charge < -0.3 is 19.3 Å². The van der Waals surface area contributed by atoms with E-state index in [2.05, 4.69) is 37.3 Å². The molecule has 1 saturated heterocycles. The number of guanidine groups is 1. The molecule has 26 heavy (non-hydrogen) atoms. The summed E-state index contributed by atoms with van der Waals surface area (Å²) in [6.45, 7) is 11.6. The monoisotopic (exact) mass is 360 g/mol. The normalized spacial score (nSPS) is 17.5. The zero-order valence-corrected chi connectivity index (χ0v) is 16.0. The van der Waals surface area contributed by atoms with Crippen molar-refractivity contribution in [2.75, 3.05) is 39.8 Å². The van der Waals surface area contributed by atoms with Gasteiger partial charge >= 0.3 is 0 Å². The average molecular weight is 360 g/mol. The maximum Gasteiger partial charge on any atom is 0.193 e. The maximum absolute atomic E-state index is 5.28. The minimum Gasteiger partial charge on any atom is -0.364 e. The van der Waals surface area contributed by atoms with Gasteiger partial charge in [0.25, 0.3) is 0 Å². The third-order valence-electron chi connectivity index (χ3n) is 4.91. The predicted molar refractivity (Wildman–Crippen MR) is 99.1 cm³/mol. The quantitative estimate of drug-likeness (QED) is 0.643. The number of hydrogen-bond acceptors (Lipinski definition) is 6. The second-order valence-corrected chi connectivity index (χ2v) is 6.82. The predicted octanol–water partition coefficient (Wildman–Crippen LogP) is 1.78. The highest BCUT2D eigenvalue weighted by molar-refractivity contribution is 5.80. The molecule has 0 radical (unpaired) electrons. The molecule has 0 spiro atoms. The van der Waals surface area contributed by atoms with Crippen molar-refractivity contribution < 1.29 is 9.05 Å². The third kappa shape index (κ3) is 4.24. The lowest BCUT2D eigenvalue weighted by molar-refractivity contribution is 0.169. The van der Waals surface area contributed by atoms with Crippen LogP contribution >= 0.6 is 0 Å². The fourth-order valence-electron chi connectivity index (χ4n) is 3.54. The van der Waals surface area contributed by atoms with Crippen LogP contribution in [-0.2, 0) is 6.54 Å². The summed E-state index contributed by atoms with van der Waals surface area (Å²) in [5.41, 5.74) is 3.13. The molecule has 0 bridgehead atoms. The lowest BCUT2D eigenvalue weighted by atomic mass is 10.00. The van der Waals surface area contributed by atoms with Crippen LogP contribution in [0.3, 0.4) is 0 Å². The highest BCUT2D eigenvalue weighted by Gasteiger charge is 2.22. The van der Waals surface area contributed by atoms with Gasteiger partial charge in [0.2, 0.25) is 0 Å². The van der Waals surface area contributed by atoms with Crippen molar-refractivity contribution in [3.8, 4) is 0 Å². The van der Waals surface area contributed by atoms with Crippen LogP contribution in [0.15, 0.2) is 26.4 Å². The Bertz CT molecular complexity index is 697. The third-order valence-corrected chi connectivity index (χ3v) is 4.91. The lowest BCUT2D eigenvalue weighted by Crippen LogP contribution is -2.52. The molecule has 3 heterocycles. The second-order valence-electron chi connectivity index (χ2n) is 6.82. The summed E-state index contributed by atoms with van der Waals surface area (Å²) in [5.74, 6) is 2.16. The van der Waals surface area contributed by atoms with E-state index in [9.17, 15) is 0 Å². The number of rotatable bonds is 5. The van der Waals surface area contributed by atoms with Crippen LogP contribution in [0.5, 0.6) is 0 Å². The van der Waals surface area contributed by atoms with Crippen molar-refractivity contribution in [1.82, 2.24) is 25.4 Å². The molecule has 1 aliphatic rings. The van der Waals surface area contributed by atoms with Crippen molar-refractivity contribution in [3.63, 3.8) is 0 Å². The van der Waals surface area contributed by atoms with Gasteiger partial charge in [0.1, 0.15) is 12.0 Å². The molecule has 8 heteroatoms. The highest BCUT2D eigenvalue weighted by Crippen LogP contribution is 2.22. The van der Waals surface area contributed by atoms with Gasteiger partial charge in [-0.3, -0.25) is 9.89 Å². The van der Waals surface area contributed by atoms with E-state index in [-0.39, 0.29) is 0 Å². The van der Waals surface area contributed by atoms with Gasteiger partial charge in [-0.15, -0.1) is 0 Å². The summed E-state index contributed by atoms with van der Waals surface area (Å²) in [6.07, 6.45) is 1.62. The van der Waals surface area contributed by atoms with Gasteiger partial charge in [-0.1, -0.05) is 17.2 Å². The van der Waals surface area contributed by atoms with E-state index in [1.165, 1.54) is 5.56 Å². The molecule has 3 rings (SSSR count). The fourth-order valence-corrected chi connectivity index (χ4v) is 3.54. The Hall–Kier alpha value is -2.35. The van der Waals surface area contributed by atoms with Crippen LogP contribution in [0.4, 0.5) is 0 Å². The Morgan fingerprint density at radius 2 is 2.04 bits per heavy atom. The summed E-state index contributed by atoms with van der Waals surface area (Å²) in [7, 11) is 1.84. The molecule has 0 saturated carbocycles. The zero-order chi connectivity index (χ0) is 18.5. The molecule has 0 aromatic carbocycles. The molecule has 0 aliphatic carbocycles. The SMILES string of the molecule is CN=C(NCC(C)c1c(C)noc1C)N1CCN(Cc2ccon2)CC1. The van der Waals surface area contributed by atoms with Crippen LogP contribution in [0.25, 0.3) is 0 Å². The van der Waals surface area contributed by atoms with Gasteiger partial charge in [0.05, 0.1) is 11.4 Å². The summed E-state index contributed by atoms with van der Waals surface area (Å²) >= 11 is 0. The number of aryl methyl sites for hydroxylation is 2. The molecule has 0 amide bonds. The number of hydrogen-bond donors (Lipinski definition) is 1. The molecule has 1 fully saturated rings. The van der Waals surface area contributed by atoms with E-state index >= 15 is 0 Å². The molecular weight excluding hydrogens is 332 g/mol. The topological polar surface area (TPSA) is 82.9 Å². The molecule has 8 nitrogen and oxygen atoms in total. The Morgan fingerprint density at radius 3 is 2.62 bits per heavy atom. The van der Waals surface area contributed by atoms with E-state index in [0.717, 1.165) is 62.4 Å². The number of aromatic nitrogens is 2. The summed E-state index contributed by atoms with van der Waals surface area (Å²) < 4.78 is 10.2. The standard InChI is InChI=1S/C18H28N6O2/c1-13(17-14(2)21-26-15(17)3)11-20-18(19-4)24-8-6-23(7-9-24)12-16-5-10-25-22-16/h5,10,13H,6-9,11-12H2,1-4H3,(H,19,20). The van der Waals surface area contributed by atoms with E-state index in [1.54, 1.807) is 6.26 Å². The minimum absolute atomic E-state index is 0.312. The maximum atomic E-state index is 5.28. The number of nitrogens with zero attached hydrogens (tertiary/aromatic N) is 5. The zero-order valence-electron chi connectivity index (χ0n) is 16.0. The van der Waals surface area contributed by atoms with Crippen molar-refractivity contribution in [2.24, 2.45) is 4.99 Å². The Labute approximate surface area is 154 Å². The van der Waals surface area contributed by atoms with Crippen molar-refractivity contribution >= 4 is 5.96 Å².